The van der Waals surface area contributed by atoms with Crippen LogP contribution in [0.1, 0.15) is 15.4 Å². The molecule has 0 aliphatic carbocycles. The highest BCUT2D eigenvalue weighted by Crippen LogP contribution is 2.10. The molecule has 0 saturated carbocycles. The van der Waals surface area contributed by atoms with Gasteiger partial charge in [0.25, 0.3) is 5.91 Å². The number of amides is 1. The van der Waals surface area contributed by atoms with Gasteiger partial charge in [-0.15, -0.1) is 11.3 Å². The van der Waals surface area contributed by atoms with Crippen molar-refractivity contribution >= 4 is 17.2 Å². The molecule has 0 fully saturated rings. The first kappa shape index (κ1) is 11.0. The summed E-state index contributed by atoms with van der Waals surface area (Å²) in [5, 5.41) is 2.05. The number of furan rings is 1. The first-order valence-corrected chi connectivity index (χ1v) is 5.96. The molecule has 0 spiro atoms. The van der Waals surface area contributed by atoms with Crippen LogP contribution in [0.3, 0.4) is 0 Å². The Balaban J connectivity index is 1.89. The number of hydrogen-bond acceptors (Lipinski definition) is 3. The van der Waals surface area contributed by atoms with Crippen molar-refractivity contribution in [2.75, 3.05) is 13.6 Å². The fraction of sp³-hybridized carbons (Fsp3) is 0.250. The first-order valence-electron chi connectivity index (χ1n) is 5.09. The summed E-state index contributed by atoms with van der Waals surface area (Å²) in [6.07, 6.45) is 2.40. The van der Waals surface area contributed by atoms with E-state index < -0.39 is 0 Å². The topological polar surface area (TPSA) is 33.5 Å². The molecule has 2 heterocycles. The fourth-order valence-corrected chi connectivity index (χ4v) is 2.12. The monoisotopic (exact) mass is 235 g/mol. The number of likely N-dealkylation sites (N-methyl/N-ethyl adjacent to an activating group) is 1. The molecule has 4 heteroatoms. The van der Waals surface area contributed by atoms with Gasteiger partial charge in [0, 0.05) is 18.5 Å². The highest BCUT2D eigenvalue weighted by Gasteiger charge is 2.13. The molecule has 0 N–H and O–H groups in total. The number of carbonyl (C=O) groups excluding carboxylic acids is 1. The normalized spacial score (nSPS) is 10.3. The molecule has 0 atom stereocenters. The second kappa shape index (κ2) is 4.99. The van der Waals surface area contributed by atoms with Crippen LogP contribution in [0.5, 0.6) is 0 Å². The predicted molar refractivity (Wildman–Crippen MR) is 63.7 cm³/mol. The van der Waals surface area contributed by atoms with Crippen LogP contribution in [0.25, 0.3) is 0 Å². The van der Waals surface area contributed by atoms with Gasteiger partial charge in [0.1, 0.15) is 0 Å². The van der Waals surface area contributed by atoms with Crippen molar-refractivity contribution in [2.24, 2.45) is 0 Å². The Labute approximate surface area is 98.3 Å². The molecule has 2 aromatic rings. The van der Waals surface area contributed by atoms with Gasteiger partial charge in [-0.05, 0) is 30.0 Å². The third-order valence-electron chi connectivity index (χ3n) is 2.35. The molecule has 84 valence electrons. The van der Waals surface area contributed by atoms with E-state index in [2.05, 4.69) is 6.07 Å². The van der Waals surface area contributed by atoms with Crippen molar-refractivity contribution in [1.29, 1.82) is 0 Å². The summed E-state index contributed by atoms with van der Waals surface area (Å²) in [5.74, 6) is 0.329. The summed E-state index contributed by atoms with van der Waals surface area (Å²) < 4.78 is 5.06. The van der Waals surface area contributed by atoms with E-state index >= 15 is 0 Å². The summed E-state index contributed by atoms with van der Waals surface area (Å²) in [6, 6.07) is 7.51. The van der Waals surface area contributed by atoms with Gasteiger partial charge in [-0.25, -0.2) is 0 Å². The van der Waals surface area contributed by atoms with Crippen LogP contribution < -0.4 is 0 Å². The van der Waals surface area contributed by atoms with Gasteiger partial charge in [-0.1, -0.05) is 6.07 Å². The Kier molecular flexibility index (Phi) is 3.41. The Morgan fingerprint density at radius 2 is 2.31 bits per heavy atom. The summed E-state index contributed by atoms with van der Waals surface area (Å²) in [6.45, 7) is 0.708. The smallest absolute Gasteiger partial charge is 0.289 e. The lowest BCUT2D eigenvalue weighted by molar-refractivity contribution is 0.0765. The third kappa shape index (κ3) is 2.52. The number of thiophene rings is 1. The minimum absolute atomic E-state index is 0.0680. The maximum absolute atomic E-state index is 11.8. The summed E-state index contributed by atoms with van der Waals surface area (Å²) in [5.41, 5.74) is 0. The van der Waals surface area contributed by atoms with E-state index in [4.69, 9.17) is 4.42 Å². The first-order chi connectivity index (χ1) is 7.77. The lowest BCUT2D eigenvalue weighted by atomic mass is 10.3. The zero-order valence-corrected chi connectivity index (χ0v) is 9.87. The van der Waals surface area contributed by atoms with Crippen molar-refractivity contribution in [3.8, 4) is 0 Å². The molecule has 3 nitrogen and oxygen atoms in total. The number of nitrogens with zero attached hydrogens (tertiary/aromatic N) is 1. The number of rotatable bonds is 4. The third-order valence-corrected chi connectivity index (χ3v) is 3.29. The van der Waals surface area contributed by atoms with Crippen LogP contribution in [0.2, 0.25) is 0 Å². The van der Waals surface area contributed by atoms with Crippen LogP contribution in [0, 0.1) is 0 Å². The van der Waals surface area contributed by atoms with Gasteiger partial charge in [0.2, 0.25) is 0 Å². The maximum Gasteiger partial charge on any atom is 0.289 e. The second-order valence-corrected chi connectivity index (χ2v) is 4.57. The second-order valence-electron chi connectivity index (χ2n) is 3.53. The van der Waals surface area contributed by atoms with Crippen molar-refractivity contribution in [3.63, 3.8) is 0 Å². The standard InChI is InChI=1S/C12H13NO2S/c1-13(7-6-10-4-3-9-16-10)12(14)11-5-2-8-15-11/h2-5,8-9H,6-7H2,1H3. The Morgan fingerprint density at radius 1 is 1.44 bits per heavy atom. The SMILES string of the molecule is CN(CCc1cccs1)C(=O)c1ccco1. The zero-order valence-electron chi connectivity index (χ0n) is 9.05. The Bertz CT molecular complexity index is 434. The molecule has 0 bridgehead atoms. The lowest BCUT2D eigenvalue weighted by Gasteiger charge is -2.14. The van der Waals surface area contributed by atoms with Gasteiger partial charge in [0.15, 0.2) is 5.76 Å². The van der Waals surface area contributed by atoms with Gasteiger partial charge in [-0.2, -0.15) is 0 Å². The van der Waals surface area contributed by atoms with Crippen molar-refractivity contribution in [1.82, 2.24) is 4.90 Å². The van der Waals surface area contributed by atoms with Crippen LogP contribution in [0.15, 0.2) is 40.3 Å². The van der Waals surface area contributed by atoms with Gasteiger partial charge >= 0.3 is 0 Å². The lowest BCUT2D eigenvalue weighted by Crippen LogP contribution is -2.28. The van der Waals surface area contributed by atoms with Crippen LogP contribution in [0.4, 0.5) is 0 Å². The molecule has 0 aliphatic heterocycles. The van der Waals surface area contributed by atoms with E-state index in [1.54, 1.807) is 35.4 Å². The zero-order chi connectivity index (χ0) is 11.4. The Hall–Kier alpha value is -1.55. The highest BCUT2D eigenvalue weighted by atomic mass is 32.1. The minimum atomic E-state index is -0.0680. The molecular formula is C12H13NO2S. The van der Waals surface area contributed by atoms with E-state index in [-0.39, 0.29) is 5.91 Å². The van der Waals surface area contributed by atoms with E-state index in [1.165, 1.54) is 11.1 Å². The quantitative estimate of drug-likeness (QED) is 0.816. The summed E-state index contributed by atoms with van der Waals surface area (Å²) >= 11 is 1.71. The van der Waals surface area contributed by atoms with Crippen LogP contribution in [-0.2, 0) is 6.42 Å². The largest absolute Gasteiger partial charge is 0.459 e. The highest BCUT2D eigenvalue weighted by molar-refractivity contribution is 7.09. The van der Waals surface area contributed by atoms with Gasteiger partial charge in [-0.3, -0.25) is 4.79 Å². The fourth-order valence-electron chi connectivity index (χ4n) is 1.42. The molecule has 2 aromatic heterocycles. The van der Waals surface area contributed by atoms with Crippen LogP contribution >= 0.6 is 11.3 Å². The molecule has 0 aliphatic rings. The van der Waals surface area contributed by atoms with Crippen molar-refractivity contribution in [2.45, 2.75) is 6.42 Å². The minimum Gasteiger partial charge on any atom is -0.459 e. The average molecular weight is 235 g/mol. The van der Waals surface area contributed by atoms with Crippen molar-refractivity contribution in [3.05, 3.63) is 46.5 Å². The maximum atomic E-state index is 11.8. The molecule has 0 unspecified atom stereocenters. The number of carbonyl (C=O) groups is 1. The molecule has 16 heavy (non-hydrogen) atoms. The molecule has 0 saturated heterocycles. The molecule has 0 aromatic carbocycles. The van der Waals surface area contributed by atoms with Gasteiger partial charge < -0.3 is 9.32 Å². The number of hydrogen-bond donors (Lipinski definition) is 0. The average Bonchev–Trinajstić information content (AvgIpc) is 2.96. The molecular weight excluding hydrogens is 222 g/mol. The van der Waals surface area contributed by atoms with Crippen molar-refractivity contribution < 1.29 is 9.21 Å². The molecule has 2 rings (SSSR count). The summed E-state index contributed by atoms with van der Waals surface area (Å²) in [4.78, 5) is 14.8. The molecule has 1 amide bonds. The van der Waals surface area contributed by atoms with E-state index in [0.717, 1.165) is 6.42 Å². The molecule has 0 radical (unpaired) electrons. The van der Waals surface area contributed by atoms with Gasteiger partial charge in [0.05, 0.1) is 6.26 Å². The van der Waals surface area contributed by atoms with E-state index in [1.807, 2.05) is 11.4 Å². The van der Waals surface area contributed by atoms with E-state index in [0.29, 0.717) is 12.3 Å². The predicted octanol–water partition coefficient (Wildman–Crippen LogP) is 2.66. The van der Waals surface area contributed by atoms with Crippen LogP contribution in [-0.4, -0.2) is 24.4 Å². The Morgan fingerprint density at radius 3 is 2.94 bits per heavy atom. The summed E-state index contributed by atoms with van der Waals surface area (Å²) in [7, 11) is 1.79. The van der Waals surface area contributed by atoms with E-state index in [9.17, 15) is 4.79 Å².